The molecule has 0 heterocycles. The van der Waals surface area contributed by atoms with Crippen LogP contribution in [-0.2, 0) is 0 Å². The Morgan fingerprint density at radius 2 is 1.30 bits per heavy atom. The molecule has 2 nitrogen and oxygen atoms in total. The first-order valence-corrected chi connectivity index (χ1v) is 2.75. The second-order valence-electron chi connectivity index (χ2n) is 1.29. The molecule has 0 aliphatic heterocycles. The second-order valence-corrected chi connectivity index (χ2v) is 1.29. The molecule has 0 aromatic rings. The third kappa shape index (κ3) is 6.78. The molecule has 0 aromatic heterocycles. The molecule has 0 rings (SSSR count). The Labute approximate surface area is 60.2 Å². The Bertz CT molecular complexity index is 183. The molecule has 10 heavy (non-hydrogen) atoms. The van der Waals surface area contributed by atoms with Crippen molar-refractivity contribution in [1.29, 1.82) is 0 Å². The van der Waals surface area contributed by atoms with Gasteiger partial charge in [-0.15, -0.1) is 0 Å². The van der Waals surface area contributed by atoms with Crippen LogP contribution in [0.4, 0.5) is 0 Å². The third-order valence-electron chi connectivity index (χ3n) is 0.612. The molecule has 0 unspecified atom stereocenters. The highest BCUT2D eigenvalue weighted by Crippen LogP contribution is 1.65. The Morgan fingerprint density at radius 1 is 0.900 bits per heavy atom. The molecule has 0 aromatic carbocycles. The summed E-state index contributed by atoms with van der Waals surface area (Å²) in [5.74, 6) is 9.89. The highest BCUT2D eigenvalue weighted by molar-refractivity contribution is 5.24. The maximum atomic E-state index is 8.19. The van der Waals surface area contributed by atoms with Crippen LogP contribution in [0.25, 0.3) is 0 Å². The van der Waals surface area contributed by atoms with Gasteiger partial charge in [-0.05, 0) is 12.2 Å². The fourth-order valence-electron chi connectivity index (χ4n) is 0.292. The minimum Gasteiger partial charge on any atom is -0.384 e. The van der Waals surface area contributed by atoms with E-state index in [1.165, 1.54) is 12.2 Å². The van der Waals surface area contributed by atoms with Gasteiger partial charge in [-0.1, -0.05) is 23.7 Å². The van der Waals surface area contributed by atoms with E-state index in [1.54, 1.807) is 0 Å². The molecule has 0 bridgehead atoms. The van der Waals surface area contributed by atoms with E-state index < -0.39 is 0 Å². The lowest BCUT2D eigenvalue weighted by molar-refractivity contribution is 0.350. The van der Waals surface area contributed by atoms with Crippen LogP contribution in [0.5, 0.6) is 0 Å². The van der Waals surface area contributed by atoms with Crippen LogP contribution in [0.3, 0.4) is 0 Å². The Balaban J connectivity index is 3.56. The van der Waals surface area contributed by atoms with Gasteiger partial charge in [0.25, 0.3) is 0 Å². The average Bonchev–Trinajstić information content (AvgIpc) is 1.97. The second kappa shape index (κ2) is 7.78. The summed E-state index contributed by atoms with van der Waals surface area (Å²) in [5.41, 5.74) is 0. The van der Waals surface area contributed by atoms with Gasteiger partial charge >= 0.3 is 0 Å². The predicted octanol–water partition coefficient (Wildman–Crippen LogP) is -0.466. The zero-order valence-corrected chi connectivity index (χ0v) is 5.46. The number of hydrogen-bond acceptors (Lipinski definition) is 2. The number of hydrogen-bond donors (Lipinski definition) is 2. The van der Waals surface area contributed by atoms with Crippen molar-refractivity contribution in [3.8, 4) is 23.7 Å². The van der Waals surface area contributed by atoms with Gasteiger partial charge in [0, 0.05) is 0 Å². The van der Waals surface area contributed by atoms with Crippen molar-refractivity contribution in [1.82, 2.24) is 0 Å². The van der Waals surface area contributed by atoms with Crippen LogP contribution < -0.4 is 0 Å². The molecule has 2 N–H and O–H groups in total. The predicted molar refractivity (Wildman–Crippen MR) is 38.9 cm³/mol. The van der Waals surface area contributed by atoms with Crippen molar-refractivity contribution in [3.63, 3.8) is 0 Å². The summed E-state index contributed by atoms with van der Waals surface area (Å²) < 4.78 is 0. The highest BCUT2D eigenvalue weighted by atomic mass is 16.3. The molecular formula is C8H8O2. The third-order valence-corrected chi connectivity index (χ3v) is 0.612. The molecule has 0 saturated carbocycles. The zero-order valence-electron chi connectivity index (χ0n) is 5.46. The van der Waals surface area contributed by atoms with Gasteiger partial charge < -0.3 is 10.2 Å². The van der Waals surface area contributed by atoms with E-state index in [4.69, 9.17) is 10.2 Å². The van der Waals surface area contributed by atoms with Gasteiger partial charge in [0.05, 0.1) is 0 Å². The maximum absolute atomic E-state index is 8.19. The normalized spacial score (nSPS) is 7.80. The van der Waals surface area contributed by atoms with E-state index in [0.29, 0.717) is 0 Å². The Kier molecular flexibility index (Phi) is 6.83. The molecule has 0 spiro atoms. The molecule has 0 saturated heterocycles. The van der Waals surface area contributed by atoms with Crippen molar-refractivity contribution in [3.05, 3.63) is 12.2 Å². The molecular weight excluding hydrogens is 128 g/mol. The summed E-state index contributed by atoms with van der Waals surface area (Å²) >= 11 is 0. The fourth-order valence-corrected chi connectivity index (χ4v) is 0.292. The molecule has 0 aliphatic rings. The summed E-state index contributed by atoms with van der Waals surface area (Å²) in [6, 6.07) is 0. The largest absolute Gasteiger partial charge is 0.384 e. The Hall–Kier alpha value is -1.22. The summed E-state index contributed by atoms with van der Waals surface area (Å²) in [6.45, 7) is -0.282. The summed E-state index contributed by atoms with van der Waals surface area (Å²) in [6.07, 6.45) is 3.03. The highest BCUT2D eigenvalue weighted by Gasteiger charge is 1.59. The molecule has 0 aliphatic carbocycles. The molecule has 0 amide bonds. The van der Waals surface area contributed by atoms with Crippen molar-refractivity contribution < 1.29 is 10.2 Å². The van der Waals surface area contributed by atoms with E-state index in [1.807, 2.05) is 0 Å². The minimum absolute atomic E-state index is 0.141. The number of rotatable bonds is 0. The van der Waals surface area contributed by atoms with Crippen LogP contribution in [0.1, 0.15) is 0 Å². The summed E-state index contributed by atoms with van der Waals surface area (Å²) in [7, 11) is 0. The van der Waals surface area contributed by atoms with Crippen LogP contribution in [0, 0.1) is 23.7 Å². The fraction of sp³-hybridized carbons (Fsp3) is 0.250. The maximum Gasteiger partial charge on any atom is 0.104 e. The van der Waals surface area contributed by atoms with Crippen LogP contribution in [-0.4, -0.2) is 23.4 Å². The number of aliphatic hydroxyl groups is 2. The van der Waals surface area contributed by atoms with Gasteiger partial charge in [0.1, 0.15) is 13.2 Å². The van der Waals surface area contributed by atoms with Gasteiger partial charge in [0.15, 0.2) is 0 Å². The lowest BCUT2D eigenvalue weighted by Gasteiger charge is -1.67. The first kappa shape index (κ1) is 8.78. The van der Waals surface area contributed by atoms with E-state index in [9.17, 15) is 0 Å². The summed E-state index contributed by atoms with van der Waals surface area (Å²) in [5, 5.41) is 16.4. The van der Waals surface area contributed by atoms with Gasteiger partial charge in [0.2, 0.25) is 0 Å². The molecule has 0 fully saturated rings. The monoisotopic (exact) mass is 136 g/mol. The van der Waals surface area contributed by atoms with Crippen LogP contribution >= 0.6 is 0 Å². The zero-order chi connectivity index (χ0) is 7.66. The van der Waals surface area contributed by atoms with Gasteiger partial charge in [-0.2, -0.15) is 0 Å². The van der Waals surface area contributed by atoms with Crippen molar-refractivity contribution in [2.24, 2.45) is 0 Å². The first-order chi connectivity index (χ1) is 4.91. The van der Waals surface area contributed by atoms with E-state index in [0.717, 1.165) is 0 Å². The Morgan fingerprint density at radius 3 is 1.60 bits per heavy atom. The van der Waals surface area contributed by atoms with Crippen LogP contribution in [0.2, 0.25) is 0 Å². The topological polar surface area (TPSA) is 40.5 Å². The lowest BCUT2D eigenvalue weighted by atomic mass is 10.4. The first-order valence-electron chi connectivity index (χ1n) is 2.75. The van der Waals surface area contributed by atoms with E-state index in [2.05, 4.69) is 23.7 Å². The number of allylic oxidation sites excluding steroid dienone is 2. The quantitative estimate of drug-likeness (QED) is 0.442. The van der Waals surface area contributed by atoms with Crippen LogP contribution in [0.15, 0.2) is 12.2 Å². The smallest absolute Gasteiger partial charge is 0.104 e. The van der Waals surface area contributed by atoms with Crippen molar-refractivity contribution in [2.45, 2.75) is 0 Å². The van der Waals surface area contributed by atoms with Crippen molar-refractivity contribution >= 4 is 0 Å². The molecule has 52 valence electrons. The molecule has 0 radical (unpaired) electrons. The van der Waals surface area contributed by atoms with E-state index in [-0.39, 0.29) is 13.2 Å². The number of aliphatic hydroxyl groups excluding tert-OH is 2. The van der Waals surface area contributed by atoms with Crippen molar-refractivity contribution in [2.75, 3.05) is 13.2 Å². The SMILES string of the molecule is OCC#C/C=C\C#CCO. The standard InChI is InChI=1S/C8H8O2/c9-7-5-3-1-2-4-6-8-10/h1-2,9-10H,7-8H2/b2-1-. The van der Waals surface area contributed by atoms with Gasteiger partial charge in [-0.3, -0.25) is 0 Å². The minimum atomic E-state index is -0.141. The molecule has 0 atom stereocenters. The lowest BCUT2D eigenvalue weighted by Crippen LogP contribution is -1.69. The molecule has 2 heteroatoms. The average molecular weight is 136 g/mol. The summed E-state index contributed by atoms with van der Waals surface area (Å²) in [4.78, 5) is 0. The van der Waals surface area contributed by atoms with E-state index >= 15 is 0 Å². The van der Waals surface area contributed by atoms with Gasteiger partial charge in [-0.25, -0.2) is 0 Å².